The van der Waals surface area contributed by atoms with Crippen LogP contribution in [0.3, 0.4) is 0 Å². The highest BCUT2D eigenvalue weighted by Crippen LogP contribution is 2.38. The molecule has 28 heavy (non-hydrogen) atoms. The van der Waals surface area contributed by atoms with Gasteiger partial charge >= 0.3 is 0 Å². The normalized spacial score (nSPS) is 18.0. The van der Waals surface area contributed by atoms with Gasteiger partial charge < -0.3 is 15.6 Å². The minimum absolute atomic E-state index is 0.0357. The molecule has 4 rings (SSSR count). The molecule has 144 valence electrons. The SMILES string of the molecule is O=C(NCCc1c[nH]c2ccccc12)C1CC1C(=O)NCc1ccc(Cl)cc1. The molecule has 1 aliphatic rings. The molecule has 1 heterocycles. The van der Waals surface area contributed by atoms with Crippen LogP contribution in [-0.4, -0.2) is 23.3 Å². The van der Waals surface area contributed by atoms with Crippen LogP contribution in [0, 0.1) is 11.8 Å². The summed E-state index contributed by atoms with van der Waals surface area (Å²) >= 11 is 5.86. The summed E-state index contributed by atoms with van der Waals surface area (Å²) in [6, 6.07) is 15.5. The zero-order valence-electron chi connectivity index (χ0n) is 15.4. The number of halogens is 1. The molecule has 0 aliphatic heterocycles. The first kappa shape index (κ1) is 18.6. The van der Waals surface area contributed by atoms with Crippen LogP contribution in [-0.2, 0) is 22.6 Å². The number of aromatic nitrogens is 1. The van der Waals surface area contributed by atoms with E-state index in [1.165, 1.54) is 10.9 Å². The summed E-state index contributed by atoms with van der Waals surface area (Å²) in [7, 11) is 0. The number of para-hydroxylation sites is 1. The maximum Gasteiger partial charge on any atom is 0.224 e. The highest BCUT2D eigenvalue weighted by Gasteiger charge is 2.47. The van der Waals surface area contributed by atoms with E-state index in [-0.39, 0.29) is 23.7 Å². The van der Waals surface area contributed by atoms with Crippen molar-refractivity contribution in [2.24, 2.45) is 11.8 Å². The average molecular weight is 396 g/mol. The predicted molar refractivity (Wildman–Crippen MR) is 110 cm³/mol. The van der Waals surface area contributed by atoms with E-state index >= 15 is 0 Å². The van der Waals surface area contributed by atoms with Crippen LogP contribution in [0.1, 0.15) is 17.5 Å². The maximum atomic E-state index is 12.3. The van der Waals surface area contributed by atoms with E-state index in [1.54, 1.807) is 12.1 Å². The van der Waals surface area contributed by atoms with Crippen molar-refractivity contribution in [1.82, 2.24) is 15.6 Å². The van der Waals surface area contributed by atoms with Crippen LogP contribution >= 0.6 is 11.6 Å². The second kappa shape index (κ2) is 8.07. The first-order valence-electron chi connectivity index (χ1n) is 9.46. The smallest absolute Gasteiger partial charge is 0.224 e. The van der Waals surface area contributed by atoms with Crippen molar-refractivity contribution in [2.75, 3.05) is 6.54 Å². The van der Waals surface area contributed by atoms with Crippen LogP contribution in [0.4, 0.5) is 0 Å². The molecule has 0 spiro atoms. The van der Waals surface area contributed by atoms with E-state index in [0.29, 0.717) is 24.5 Å². The summed E-state index contributed by atoms with van der Waals surface area (Å²) < 4.78 is 0. The lowest BCUT2D eigenvalue weighted by Gasteiger charge is -2.06. The molecule has 0 radical (unpaired) electrons. The van der Waals surface area contributed by atoms with Crippen LogP contribution in [0.2, 0.25) is 5.02 Å². The van der Waals surface area contributed by atoms with Crippen molar-refractivity contribution in [3.8, 4) is 0 Å². The Morgan fingerprint density at radius 2 is 1.71 bits per heavy atom. The van der Waals surface area contributed by atoms with Crippen LogP contribution in [0.25, 0.3) is 10.9 Å². The van der Waals surface area contributed by atoms with Crippen molar-refractivity contribution in [2.45, 2.75) is 19.4 Å². The molecule has 2 amide bonds. The van der Waals surface area contributed by atoms with Crippen molar-refractivity contribution in [3.63, 3.8) is 0 Å². The second-order valence-corrected chi connectivity index (χ2v) is 7.63. The number of aromatic amines is 1. The predicted octanol–water partition coefficient (Wildman–Crippen LogP) is 3.43. The zero-order valence-corrected chi connectivity index (χ0v) is 16.1. The van der Waals surface area contributed by atoms with Gasteiger partial charge in [0.15, 0.2) is 0 Å². The van der Waals surface area contributed by atoms with Gasteiger partial charge in [0.25, 0.3) is 0 Å². The van der Waals surface area contributed by atoms with E-state index in [1.807, 2.05) is 36.5 Å². The van der Waals surface area contributed by atoms with E-state index in [9.17, 15) is 9.59 Å². The Kier molecular flexibility index (Phi) is 5.35. The summed E-state index contributed by atoms with van der Waals surface area (Å²) in [6.45, 7) is 1.01. The largest absolute Gasteiger partial charge is 0.361 e. The third-order valence-corrected chi connectivity index (χ3v) is 5.46. The van der Waals surface area contributed by atoms with Gasteiger partial charge in [0.2, 0.25) is 11.8 Å². The highest BCUT2D eigenvalue weighted by atomic mass is 35.5. The molecule has 2 unspecified atom stereocenters. The maximum absolute atomic E-state index is 12.3. The van der Waals surface area contributed by atoms with Crippen LogP contribution in [0.15, 0.2) is 54.7 Å². The van der Waals surface area contributed by atoms with E-state index in [0.717, 1.165) is 17.5 Å². The fourth-order valence-corrected chi connectivity index (χ4v) is 3.61. The number of carbonyl (C=O) groups is 2. The quantitative estimate of drug-likeness (QED) is 0.573. The number of benzene rings is 2. The number of carbonyl (C=O) groups excluding carboxylic acids is 2. The van der Waals surface area contributed by atoms with Crippen molar-refractivity contribution < 1.29 is 9.59 Å². The Morgan fingerprint density at radius 3 is 2.50 bits per heavy atom. The summed E-state index contributed by atoms with van der Waals surface area (Å²) in [6.07, 6.45) is 3.36. The minimum Gasteiger partial charge on any atom is -0.361 e. The zero-order chi connectivity index (χ0) is 19.5. The number of nitrogens with one attached hydrogen (secondary N) is 3. The van der Waals surface area contributed by atoms with E-state index < -0.39 is 0 Å². The molecule has 3 aromatic rings. The molecule has 1 aromatic heterocycles. The summed E-state index contributed by atoms with van der Waals surface area (Å²) in [5.41, 5.74) is 3.27. The van der Waals surface area contributed by atoms with Gasteiger partial charge in [-0.3, -0.25) is 9.59 Å². The lowest BCUT2D eigenvalue weighted by molar-refractivity contribution is -0.127. The summed E-state index contributed by atoms with van der Waals surface area (Å²) in [5.74, 6) is -0.535. The fraction of sp³-hybridized carbons (Fsp3) is 0.273. The van der Waals surface area contributed by atoms with Crippen LogP contribution in [0.5, 0.6) is 0 Å². The minimum atomic E-state index is -0.222. The van der Waals surface area contributed by atoms with Crippen molar-refractivity contribution in [3.05, 3.63) is 70.9 Å². The highest BCUT2D eigenvalue weighted by molar-refractivity contribution is 6.30. The third kappa shape index (κ3) is 4.20. The van der Waals surface area contributed by atoms with E-state index in [4.69, 9.17) is 11.6 Å². The van der Waals surface area contributed by atoms with Gasteiger partial charge in [-0.1, -0.05) is 41.9 Å². The molecule has 2 atom stereocenters. The molecule has 6 heteroatoms. The second-order valence-electron chi connectivity index (χ2n) is 7.19. The first-order chi connectivity index (χ1) is 13.6. The number of hydrogen-bond acceptors (Lipinski definition) is 2. The molecule has 3 N–H and O–H groups in total. The number of amides is 2. The Morgan fingerprint density at radius 1 is 1.00 bits per heavy atom. The first-order valence-corrected chi connectivity index (χ1v) is 9.84. The number of fused-ring (bicyclic) bond motifs is 1. The van der Waals surface area contributed by atoms with Crippen molar-refractivity contribution in [1.29, 1.82) is 0 Å². The Bertz CT molecular complexity index is 996. The Labute approximate surface area is 168 Å². The number of H-pyrrole nitrogens is 1. The molecule has 1 fully saturated rings. The van der Waals surface area contributed by atoms with Gasteiger partial charge in [0.1, 0.15) is 0 Å². The molecule has 0 bridgehead atoms. The standard InChI is InChI=1S/C22H22ClN3O2/c23-16-7-5-14(6-8-16)12-26-22(28)19-11-18(19)21(27)24-10-9-15-13-25-20-4-2-1-3-17(15)20/h1-8,13,18-19,25H,9-12H2,(H,24,27)(H,26,28). The average Bonchev–Trinajstić information content (AvgIpc) is 3.42. The Balaban J connectivity index is 1.21. The molecule has 1 saturated carbocycles. The molecule has 2 aromatic carbocycles. The number of hydrogen-bond donors (Lipinski definition) is 3. The van der Waals surface area contributed by atoms with Gasteiger partial charge in [-0.15, -0.1) is 0 Å². The van der Waals surface area contributed by atoms with Crippen LogP contribution < -0.4 is 10.6 Å². The molecular formula is C22H22ClN3O2. The van der Waals surface area contributed by atoms with Gasteiger partial charge in [-0.2, -0.15) is 0 Å². The molecular weight excluding hydrogens is 374 g/mol. The molecule has 5 nitrogen and oxygen atoms in total. The molecule has 0 saturated heterocycles. The summed E-state index contributed by atoms with van der Waals surface area (Å²) in [5, 5.41) is 7.71. The molecule has 1 aliphatic carbocycles. The van der Waals surface area contributed by atoms with Crippen molar-refractivity contribution >= 4 is 34.3 Å². The van der Waals surface area contributed by atoms with Gasteiger partial charge in [0, 0.05) is 35.2 Å². The summed E-state index contributed by atoms with van der Waals surface area (Å²) in [4.78, 5) is 27.8. The lowest BCUT2D eigenvalue weighted by atomic mass is 10.1. The lowest BCUT2D eigenvalue weighted by Crippen LogP contribution is -2.31. The van der Waals surface area contributed by atoms with Gasteiger partial charge in [0.05, 0.1) is 11.8 Å². The monoisotopic (exact) mass is 395 g/mol. The third-order valence-electron chi connectivity index (χ3n) is 5.21. The van der Waals surface area contributed by atoms with Gasteiger partial charge in [-0.25, -0.2) is 0 Å². The topological polar surface area (TPSA) is 74.0 Å². The fourth-order valence-electron chi connectivity index (χ4n) is 3.49. The Hall–Kier alpha value is -2.79. The van der Waals surface area contributed by atoms with Gasteiger partial charge in [-0.05, 0) is 42.2 Å². The number of rotatable bonds is 7. The van der Waals surface area contributed by atoms with E-state index in [2.05, 4.69) is 21.7 Å².